The molecule has 2 atom stereocenters. The minimum Gasteiger partial charge on any atom is -0.352 e. The summed E-state index contributed by atoms with van der Waals surface area (Å²) in [5.74, 6) is -0.785. The lowest BCUT2D eigenvalue weighted by Crippen LogP contribution is -2.50. The largest absolute Gasteiger partial charge is 0.352 e. The second kappa shape index (κ2) is 10.8. The van der Waals surface area contributed by atoms with Crippen LogP contribution in [0.5, 0.6) is 0 Å². The lowest BCUT2D eigenvalue weighted by atomic mass is 9.88. The summed E-state index contributed by atoms with van der Waals surface area (Å²) in [5.41, 5.74) is 1.53. The third-order valence-corrected chi connectivity index (χ3v) is 5.62. The molecule has 2 aromatic carbocycles. The highest BCUT2D eigenvalue weighted by Gasteiger charge is 2.35. The summed E-state index contributed by atoms with van der Waals surface area (Å²) < 4.78 is 13.8. The lowest BCUT2D eigenvalue weighted by molar-refractivity contribution is -0.127. The van der Waals surface area contributed by atoms with Crippen LogP contribution in [0.2, 0.25) is 0 Å². The Morgan fingerprint density at radius 2 is 1.77 bits per heavy atom. The van der Waals surface area contributed by atoms with Gasteiger partial charge in [0, 0.05) is 25.2 Å². The number of carbonyl (C=O) groups excluding carboxylic acids is 2. The standard InChI is InChI=1S/C24H30FN3O2/c1-2-3-15-26-24(30)28-17-20(13-14-22(28)18-9-5-4-6-10-18)23(29)27-16-19-11-7-8-12-21(19)25/h4-12,20,22H,2-3,13-17H2,1H3,(H,26,30)(H,27,29). The van der Waals surface area contributed by atoms with Crippen LogP contribution in [-0.4, -0.2) is 29.9 Å². The van der Waals surface area contributed by atoms with Gasteiger partial charge < -0.3 is 15.5 Å². The van der Waals surface area contributed by atoms with Crippen molar-refractivity contribution in [3.8, 4) is 0 Å². The first kappa shape index (κ1) is 21.8. The van der Waals surface area contributed by atoms with Crippen molar-refractivity contribution >= 4 is 11.9 Å². The predicted molar refractivity (Wildman–Crippen MR) is 115 cm³/mol. The van der Waals surface area contributed by atoms with E-state index in [1.807, 2.05) is 30.3 Å². The molecule has 1 fully saturated rings. The Hall–Kier alpha value is -2.89. The van der Waals surface area contributed by atoms with Crippen LogP contribution in [0.3, 0.4) is 0 Å². The van der Waals surface area contributed by atoms with Crippen LogP contribution < -0.4 is 10.6 Å². The molecule has 1 aliphatic heterocycles. The molecule has 160 valence electrons. The van der Waals surface area contributed by atoms with Gasteiger partial charge in [0.1, 0.15) is 5.82 Å². The van der Waals surface area contributed by atoms with Gasteiger partial charge in [-0.05, 0) is 30.9 Å². The molecule has 2 N–H and O–H groups in total. The molecule has 6 heteroatoms. The summed E-state index contributed by atoms with van der Waals surface area (Å²) >= 11 is 0. The SMILES string of the molecule is CCCCNC(=O)N1CC(C(=O)NCc2ccccc2F)CCC1c1ccccc1. The maximum absolute atomic E-state index is 13.8. The maximum Gasteiger partial charge on any atom is 0.317 e. The van der Waals surface area contributed by atoms with E-state index in [0.29, 0.717) is 31.5 Å². The number of rotatable bonds is 7. The smallest absolute Gasteiger partial charge is 0.317 e. The first-order valence-electron chi connectivity index (χ1n) is 10.7. The number of unbranched alkanes of at least 4 members (excludes halogenated alkanes) is 1. The van der Waals surface area contributed by atoms with E-state index in [4.69, 9.17) is 0 Å². The third-order valence-electron chi connectivity index (χ3n) is 5.62. The monoisotopic (exact) mass is 411 g/mol. The van der Waals surface area contributed by atoms with Crippen molar-refractivity contribution in [2.45, 2.75) is 45.2 Å². The molecular weight excluding hydrogens is 381 g/mol. The highest BCUT2D eigenvalue weighted by molar-refractivity contribution is 5.81. The number of hydrogen-bond acceptors (Lipinski definition) is 2. The fourth-order valence-corrected chi connectivity index (χ4v) is 3.87. The van der Waals surface area contributed by atoms with E-state index in [0.717, 1.165) is 18.4 Å². The zero-order valence-electron chi connectivity index (χ0n) is 17.4. The molecule has 0 aliphatic carbocycles. The van der Waals surface area contributed by atoms with E-state index in [-0.39, 0.29) is 36.3 Å². The van der Waals surface area contributed by atoms with E-state index < -0.39 is 0 Å². The minimum absolute atomic E-state index is 0.0524. The second-order valence-corrected chi connectivity index (χ2v) is 7.75. The highest BCUT2D eigenvalue weighted by Crippen LogP contribution is 2.33. The van der Waals surface area contributed by atoms with E-state index in [2.05, 4.69) is 17.6 Å². The number of amides is 3. The number of carbonyl (C=O) groups is 2. The molecule has 3 amide bonds. The Kier molecular flexibility index (Phi) is 7.82. The van der Waals surface area contributed by atoms with Gasteiger partial charge in [-0.25, -0.2) is 9.18 Å². The van der Waals surface area contributed by atoms with Crippen molar-refractivity contribution in [2.24, 2.45) is 5.92 Å². The van der Waals surface area contributed by atoms with Crippen molar-refractivity contribution < 1.29 is 14.0 Å². The molecule has 5 nitrogen and oxygen atoms in total. The van der Waals surface area contributed by atoms with E-state index in [9.17, 15) is 14.0 Å². The summed E-state index contributed by atoms with van der Waals surface area (Å²) in [4.78, 5) is 27.4. The first-order valence-corrected chi connectivity index (χ1v) is 10.7. The predicted octanol–water partition coefficient (Wildman–Crippen LogP) is 4.40. The van der Waals surface area contributed by atoms with Crippen LogP contribution in [0.25, 0.3) is 0 Å². The topological polar surface area (TPSA) is 61.4 Å². The van der Waals surface area contributed by atoms with Crippen LogP contribution >= 0.6 is 0 Å². The number of hydrogen-bond donors (Lipinski definition) is 2. The summed E-state index contributed by atoms with van der Waals surface area (Å²) in [6.45, 7) is 3.20. The van der Waals surface area contributed by atoms with E-state index in [1.165, 1.54) is 6.07 Å². The Labute approximate surface area is 177 Å². The number of halogens is 1. The van der Waals surface area contributed by atoms with Crippen LogP contribution in [0.15, 0.2) is 54.6 Å². The zero-order chi connectivity index (χ0) is 21.3. The summed E-state index contributed by atoms with van der Waals surface area (Å²) in [6.07, 6.45) is 3.32. The molecule has 1 aliphatic rings. The summed E-state index contributed by atoms with van der Waals surface area (Å²) in [6, 6.07) is 16.2. The Morgan fingerprint density at radius 1 is 1.03 bits per heavy atom. The van der Waals surface area contributed by atoms with Gasteiger partial charge in [-0.1, -0.05) is 61.9 Å². The van der Waals surface area contributed by atoms with Gasteiger partial charge >= 0.3 is 6.03 Å². The molecule has 2 aromatic rings. The Bertz CT molecular complexity index is 843. The van der Waals surface area contributed by atoms with Crippen LogP contribution in [0, 0.1) is 11.7 Å². The van der Waals surface area contributed by atoms with Crippen molar-refractivity contribution in [3.63, 3.8) is 0 Å². The van der Waals surface area contributed by atoms with Crippen molar-refractivity contribution in [3.05, 3.63) is 71.5 Å². The Balaban J connectivity index is 1.67. The zero-order valence-corrected chi connectivity index (χ0v) is 17.4. The van der Waals surface area contributed by atoms with E-state index in [1.54, 1.807) is 23.1 Å². The summed E-state index contributed by atoms with van der Waals surface area (Å²) in [5, 5.41) is 5.82. The van der Waals surface area contributed by atoms with Gasteiger partial charge in [0.05, 0.1) is 12.0 Å². The number of benzene rings is 2. The van der Waals surface area contributed by atoms with Gasteiger partial charge in [0.15, 0.2) is 0 Å². The summed E-state index contributed by atoms with van der Waals surface area (Å²) in [7, 11) is 0. The fraction of sp³-hybridized carbons (Fsp3) is 0.417. The van der Waals surface area contributed by atoms with Crippen LogP contribution in [-0.2, 0) is 11.3 Å². The Morgan fingerprint density at radius 3 is 2.50 bits per heavy atom. The molecule has 1 heterocycles. The average Bonchev–Trinajstić information content (AvgIpc) is 2.78. The van der Waals surface area contributed by atoms with Gasteiger partial charge in [0.2, 0.25) is 5.91 Å². The van der Waals surface area contributed by atoms with Gasteiger partial charge in [-0.2, -0.15) is 0 Å². The molecule has 1 saturated heterocycles. The molecule has 0 bridgehead atoms. The fourth-order valence-electron chi connectivity index (χ4n) is 3.87. The average molecular weight is 412 g/mol. The highest BCUT2D eigenvalue weighted by atomic mass is 19.1. The number of nitrogens with zero attached hydrogens (tertiary/aromatic N) is 1. The molecule has 0 saturated carbocycles. The van der Waals surface area contributed by atoms with Gasteiger partial charge in [0.25, 0.3) is 0 Å². The molecule has 30 heavy (non-hydrogen) atoms. The molecular formula is C24H30FN3O2. The molecule has 0 spiro atoms. The third kappa shape index (κ3) is 5.59. The van der Waals surface area contributed by atoms with Crippen LogP contribution in [0.1, 0.15) is 49.8 Å². The molecule has 0 aromatic heterocycles. The van der Waals surface area contributed by atoms with Gasteiger partial charge in [-0.3, -0.25) is 4.79 Å². The molecule has 2 unspecified atom stereocenters. The maximum atomic E-state index is 13.8. The second-order valence-electron chi connectivity index (χ2n) is 7.75. The number of piperidine rings is 1. The molecule has 0 radical (unpaired) electrons. The first-order chi connectivity index (χ1) is 14.6. The van der Waals surface area contributed by atoms with Crippen molar-refractivity contribution in [2.75, 3.05) is 13.1 Å². The quantitative estimate of drug-likeness (QED) is 0.663. The number of nitrogens with one attached hydrogen (secondary N) is 2. The van der Waals surface area contributed by atoms with Crippen LogP contribution in [0.4, 0.5) is 9.18 Å². The number of urea groups is 1. The normalized spacial score (nSPS) is 18.7. The number of likely N-dealkylation sites (tertiary alicyclic amines) is 1. The van der Waals surface area contributed by atoms with Gasteiger partial charge in [-0.15, -0.1) is 0 Å². The lowest BCUT2D eigenvalue weighted by Gasteiger charge is -2.39. The molecule has 3 rings (SSSR count). The van der Waals surface area contributed by atoms with Crippen molar-refractivity contribution in [1.29, 1.82) is 0 Å². The van der Waals surface area contributed by atoms with Crippen molar-refractivity contribution in [1.82, 2.24) is 15.5 Å². The van der Waals surface area contributed by atoms with E-state index >= 15 is 0 Å². The minimum atomic E-state index is -0.331.